The molecule has 1 heterocycles. The van der Waals surface area contributed by atoms with E-state index in [1.54, 1.807) is 6.07 Å². The Hall–Kier alpha value is -1.32. The first-order valence-corrected chi connectivity index (χ1v) is 8.07. The number of benzene rings is 1. The molecule has 1 aromatic carbocycles. The first-order valence-electron chi connectivity index (χ1n) is 7.70. The van der Waals surface area contributed by atoms with Gasteiger partial charge in [0.05, 0.1) is 6.04 Å². The summed E-state index contributed by atoms with van der Waals surface area (Å²) in [4.78, 5) is 11.7. The molecule has 0 aliphatic heterocycles. The molecule has 4 heteroatoms. The first kappa shape index (κ1) is 14.6. The van der Waals surface area contributed by atoms with E-state index in [2.05, 4.69) is 5.32 Å². The maximum Gasteiger partial charge on any atom is 0.336 e. The highest BCUT2D eigenvalue weighted by atomic mass is 35.5. The van der Waals surface area contributed by atoms with Gasteiger partial charge in [-0.3, -0.25) is 0 Å². The minimum absolute atomic E-state index is 0.281. The van der Waals surface area contributed by atoms with E-state index in [4.69, 9.17) is 16.0 Å². The average Bonchev–Trinajstić information content (AvgIpc) is 2.48. The number of nitrogens with two attached hydrogens (primary N) is 1. The van der Waals surface area contributed by atoms with Gasteiger partial charge in [0.25, 0.3) is 0 Å². The molecule has 112 valence electrons. The Bertz CT molecular complexity index is 702. The molecule has 0 amide bonds. The van der Waals surface area contributed by atoms with Gasteiger partial charge in [-0.05, 0) is 50.3 Å². The van der Waals surface area contributed by atoms with Crippen molar-refractivity contribution >= 4 is 22.6 Å². The van der Waals surface area contributed by atoms with E-state index in [1.807, 2.05) is 19.1 Å². The standard InChI is InChI=1S/C17H20ClNO2/c1-11-7-16-14(9-15(11)18)12(8-17(20)21-16)10-19-13-5-3-2-4-6-13/h7-9,13,19H,2-6,10H2,1H3/p+1. The molecule has 0 bridgehead atoms. The predicted molar refractivity (Wildman–Crippen MR) is 84.7 cm³/mol. The maximum absolute atomic E-state index is 11.7. The molecule has 2 N–H and O–H groups in total. The molecule has 0 saturated heterocycles. The van der Waals surface area contributed by atoms with Crippen LogP contribution in [0.15, 0.2) is 27.4 Å². The van der Waals surface area contributed by atoms with E-state index in [0.29, 0.717) is 11.6 Å². The third kappa shape index (κ3) is 3.30. The third-order valence-electron chi connectivity index (χ3n) is 4.43. The molecule has 1 aromatic heterocycles. The molecule has 0 radical (unpaired) electrons. The number of aryl methyl sites for hydroxylation is 1. The molecule has 0 spiro atoms. The highest BCUT2D eigenvalue weighted by Gasteiger charge is 2.17. The zero-order valence-corrected chi connectivity index (χ0v) is 13.1. The second kappa shape index (κ2) is 6.20. The average molecular weight is 307 g/mol. The van der Waals surface area contributed by atoms with Crippen LogP contribution in [0.25, 0.3) is 11.0 Å². The zero-order valence-electron chi connectivity index (χ0n) is 12.3. The Morgan fingerprint density at radius 2 is 2.00 bits per heavy atom. The Labute approximate surface area is 129 Å². The van der Waals surface area contributed by atoms with Crippen molar-refractivity contribution in [3.8, 4) is 0 Å². The lowest BCUT2D eigenvalue weighted by molar-refractivity contribution is -0.706. The molecule has 3 nitrogen and oxygen atoms in total. The molecule has 2 aromatic rings. The van der Waals surface area contributed by atoms with Crippen LogP contribution in [0.4, 0.5) is 0 Å². The molecular weight excluding hydrogens is 286 g/mol. The summed E-state index contributed by atoms with van der Waals surface area (Å²) in [5.41, 5.74) is 2.31. The molecule has 0 unspecified atom stereocenters. The van der Waals surface area contributed by atoms with Crippen LogP contribution in [0.3, 0.4) is 0 Å². The second-order valence-corrected chi connectivity index (χ2v) is 6.43. The summed E-state index contributed by atoms with van der Waals surface area (Å²) < 4.78 is 5.30. The minimum atomic E-state index is -0.281. The molecule has 3 rings (SSSR count). The van der Waals surface area contributed by atoms with E-state index in [1.165, 1.54) is 32.1 Å². The Morgan fingerprint density at radius 1 is 1.24 bits per heavy atom. The summed E-state index contributed by atoms with van der Waals surface area (Å²) >= 11 is 6.22. The van der Waals surface area contributed by atoms with Gasteiger partial charge in [-0.1, -0.05) is 18.0 Å². The number of quaternary nitrogens is 1. The Morgan fingerprint density at radius 3 is 2.76 bits per heavy atom. The zero-order chi connectivity index (χ0) is 14.8. The van der Waals surface area contributed by atoms with Gasteiger partial charge < -0.3 is 9.73 Å². The van der Waals surface area contributed by atoms with E-state index >= 15 is 0 Å². The number of halogens is 1. The van der Waals surface area contributed by atoms with Crippen molar-refractivity contribution in [2.24, 2.45) is 0 Å². The summed E-state index contributed by atoms with van der Waals surface area (Å²) in [6.45, 7) is 2.73. The third-order valence-corrected chi connectivity index (χ3v) is 4.84. The predicted octanol–water partition coefficient (Wildman–Crippen LogP) is 3.15. The maximum atomic E-state index is 11.7. The van der Waals surface area contributed by atoms with Gasteiger partial charge >= 0.3 is 5.63 Å². The Balaban J connectivity index is 1.89. The fourth-order valence-electron chi connectivity index (χ4n) is 3.18. The second-order valence-electron chi connectivity index (χ2n) is 6.03. The van der Waals surface area contributed by atoms with Crippen LogP contribution in [-0.4, -0.2) is 6.04 Å². The van der Waals surface area contributed by atoms with E-state index in [0.717, 1.165) is 28.1 Å². The van der Waals surface area contributed by atoms with Crippen LogP contribution in [0, 0.1) is 6.92 Å². The van der Waals surface area contributed by atoms with E-state index < -0.39 is 0 Å². The molecule has 1 aliphatic rings. The first-order chi connectivity index (χ1) is 10.1. The van der Waals surface area contributed by atoms with Crippen LogP contribution < -0.4 is 10.9 Å². The molecule has 1 aliphatic carbocycles. The van der Waals surface area contributed by atoms with Gasteiger partial charge in [0.15, 0.2) is 0 Å². The molecule has 21 heavy (non-hydrogen) atoms. The summed E-state index contributed by atoms with van der Waals surface area (Å²) in [6, 6.07) is 6.05. The van der Waals surface area contributed by atoms with Gasteiger partial charge in [0, 0.05) is 22.0 Å². The smallest absolute Gasteiger partial charge is 0.336 e. The van der Waals surface area contributed by atoms with Crippen LogP contribution >= 0.6 is 11.6 Å². The topological polar surface area (TPSA) is 46.8 Å². The van der Waals surface area contributed by atoms with Gasteiger partial charge in [-0.15, -0.1) is 0 Å². The van der Waals surface area contributed by atoms with Crippen molar-refractivity contribution in [1.29, 1.82) is 0 Å². The lowest BCUT2D eigenvalue weighted by Crippen LogP contribution is -2.88. The van der Waals surface area contributed by atoms with E-state index in [-0.39, 0.29) is 5.63 Å². The van der Waals surface area contributed by atoms with Gasteiger partial charge in [0.2, 0.25) is 0 Å². The number of rotatable bonds is 3. The minimum Gasteiger partial charge on any atom is -0.423 e. The Kier molecular flexibility index (Phi) is 4.32. The highest BCUT2D eigenvalue weighted by Crippen LogP contribution is 2.25. The summed E-state index contributed by atoms with van der Waals surface area (Å²) in [5.74, 6) is 0. The van der Waals surface area contributed by atoms with Crippen molar-refractivity contribution in [1.82, 2.24) is 0 Å². The fourth-order valence-corrected chi connectivity index (χ4v) is 3.34. The molecule has 1 saturated carbocycles. The van der Waals surface area contributed by atoms with Crippen molar-refractivity contribution < 1.29 is 9.73 Å². The molecule has 0 atom stereocenters. The van der Waals surface area contributed by atoms with Crippen LogP contribution in [0.5, 0.6) is 0 Å². The molecule has 1 fully saturated rings. The SMILES string of the molecule is Cc1cc2oc(=O)cc(C[NH2+]C3CCCCC3)c2cc1Cl. The van der Waals surface area contributed by atoms with Crippen LogP contribution in [0.1, 0.15) is 43.2 Å². The normalized spacial score (nSPS) is 16.5. The summed E-state index contributed by atoms with van der Waals surface area (Å²) in [6.07, 6.45) is 6.56. The number of hydrogen-bond donors (Lipinski definition) is 1. The number of fused-ring (bicyclic) bond motifs is 1. The fraction of sp³-hybridized carbons (Fsp3) is 0.471. The summed E-state index contributed by atoms with van der Waals surface area (Å²) in [7, 11) is 0. The number of hydrogen-bond acceptors (Lipinski definition) is 2. The van der Waals surface area contributed by atoms with E-state index in [9.17, 15) is 4.79 Å². The van der Waals surface area contributed by atoms with Gasteiger partial charge in [-0.25, -0.2) is 4.79 Å². The van der Waals surface area contributed by atoms with Crippen LogP contribution in [0.2, 0.25) is 5.02 Å². The lowest BCUT2D eigenvalue weighted by atomic mass is 9.95. The van der Waals surface area contributed by atoms with Gasteiger partial charge in [0.1, 0.15) is 12.1 Å². The lowest BCUT2D eigenvalue weighted by Gasteiger charge is -2.20. The van der Waals surface area contributed by atoms with Crippen molar-refractivity contribution in [3.63, 3.8) is 0 Å². The highest BCUT2D eigenvalue weighted by molar-refractivity contribution is 6.32. The largest absolute Gasteiger partial charge is 0.423 e. The van der Waals surface area contributed by atoms with Crippen LogP contribution in [-0.2, 0) is 6.54 Å². The molecular formula is C17H21ClNO2+. The van der Waals surface area contributed by atoms with Crippen molar-refractivity contribution in [2.75, 3.05) is 0 Å². The van der Waals surface area contributed by atoms with Crippen molar-refractivity contribution in [2.45, 2.75) is 51.6 Å². The monoisotopic (exact) mass is 306 g/mol. The summed E-state index contributed by atoms with van der Waals surface area (Å²) in [5, 5.41) is 4.04. The van der Waals surface area contributed by atoms with Gasteiger partial charge in [-0.2, -0.15) is 0 Å². The van der Waals surface area contributed by atoms with Crippen molar-refractivity contribution in [3.05, 3.63) is 44.8 Å². The quantitative estimate of drug-likeness (QED) is 0.886.